The van der Waals surface area contributed by atoms with Crippen molar-refractivity contribution in [3.8, 4) is 11.3 Å². The van der Waals surface area contributed by atoms with Crippen LogP contribution in [0.2, 0.25) is 0 Å². The van der Waals surface area contributed by atoms with Gasteiger partial charge in [-0.1, -0.05) is 47.6 Å². The fourth-order valence-corrected chi connectivity index (χ4v) is 1.77. The number of hydrogen-bond acceptors (Lipinski definition) is 6. The largest absolute Gasteiger partial charge is 0.359 e. The van der Waals surface area contributed by atoms with Gasteiger partial charge in [-0.05, 0) is 0 Å². The van der Waals surface area contributed by atoms with E-state index in [1.807, 2.05) is 43.3 Å². The Labute approximate surface area is 115 Å². The minimum absolute atomic E-state index is 0.388. The van der Waals surface area contributed by atoms with Gasteiger partial charge in [-0.15, -0.1) is 0 Å². The molecule has 6 heteroatoms. The average molecular weight is 270 g/mol. The number of rotatable bonds is 5. The smallest absolute Gasteiger partial charge is 0.321 e. The first-order valence-corrected chi connectivity index (χ1v) is 6.42. The number of aryl methyl sites for hydroxylation is 1. The maximum absolute atomic E-state index is 5.27. The Morgan fingerprint density at radius 3 is 2.70 bits per heavy atom. The molecule has 2 heterocycles. The van der Waals surface area contributed by atoms with Crippen LogP contribution in [0.5, 0.6) is 0 Å². The fourth-order valence-electron chi connectivity index (χ4n) is 1.77. The van der Waals surface area contributed by atoms with E-state index >= 15 is 0 Å². The molecule has 0 spiro atoms. The zero-order valence-corrected chi connectivity index (χ0v) is 11.0. The van der Waals surface area contributed by atoms with Crippen molar-refractivity contribution in [2.75, 3.05) is 5.32 Å². The monoisotopic (exact) mass is 270 g/mol. The van der Waals surface area contributed by atoms with Crippen LogP contribution < -0.4 is 5.32 Å². The summed E-state index contributed by atoms with van der Waals surface area (Å²) in [5, 5.41) is 10.8. The molecule has 0 unspecified atom stereocenters. The molecule has 1 aromatic carbocycles. The lowest BCUT2D eigenvalue weighted by Gasteiger charge is -1.94. The molecule has 3 aromatic rings. The molecule has 0 radical (unpaired) electrons. The highest BCUT2D eigenvalue weighted by molar-refractivity contribution is 5.58. The van der Waals surface area contributed by atoms with Gasteiger partial charge in [0.1, 0.15) is 5.69 Å². The maximum atomic E-state index is 5.27. The molecule has 3 rings (SSSR count). The van der Waals surface area contributed by atoms with Gasteiger partial charge in [-0.2, -0.15) is 4.98 Å². The molecule has 6 nitrogen and oxygen atoms in total. The quantitative estimate of drug-likeness (QED) is 0.768. The summed E-state index contributed by atoms with van der Waals surface area (Å²) in [6.07, 6.45) is 0.742. The summed E-state index contributed by atoms with van der Waals surface area (Å²) in [5.41, 5.74) is 1.83. The number of nitrogens with one attached hydrogen (secondary N) is 1. The van der Waals surface area contributed by atoms with E-state index in [4.69, 9.17) is 9.05 Å². The Morgan fingerprint density at radius 2 is 1.95 bits per heavy atom. The van der Waals surface area contributed by atoms with Crippen LogP contribution in [-0.2, 0) is 13.0 Å². The lowest BCUT2D eigenvalue weighted by Crippen LogP contribution is -1.98. The fraction of sp³-hybridized carbons (Fsp3) is 0.214. The Bertz CT molecular complexity index is 675. The second-order valence-corrected chi connectivity index (χ2v) is 4.27. The van der Waals surface area contributed by atoms with Crippen molar-refractivity contribution >= 4 is 6.01 Å². The van der Waals surface area contributed by atoms with Crippen LogP contribution in [0.1, 0.15) is 18.5 Å². The SMILES string of the molecule is CCc1noc(NCc2cc(-c3ccccc3)no2)n1. The predicted octanol–water partition coefficient (Wildman–Crippen LogP) is 2.90. The summed E-state index contributed by atoms with van der Waals surface area (Å²) in [5.74, 6) is 1.38. The van der Waals surface area contributed by atoms with Crippen molar-refractivity contribution in [2.45, 2.75) is 19.9 Å². The van der Waals surface area contributed by atoms with Gasteiger partial charge >= 0.3 is 6.01 Å². The van der Waals surface area contributed by atoms with Gasteiger partial charge in [-0.3, -0.25) is 0 Å². The minimum atomic E-state index is 0.388. The lowest BCUT2D eigenvalue weighted by molar-refractivity contribution is 0.384. The Balaban J connectivity index is 1.65. The Kier molecular flexibility index (Phi) is 3.45. The van der Waals surface area contributed by atoms with Crippen LogP contribution in [0.15, 0.2) is 45.4 Å². The van der Waals surface area contributed by atoms with Crippen LogP contribution in [0, 0.1) is 0 Å². The third kappa shape index (κ3) is 2.69. The Hall–Kier alpha value is -2.63. The first-order valence-electron chi connectivity index (χ1n) is 6.42. The molecule has 0 aliphatic rings. The standard InChI is InChI=1S/C14H14N4O2/c1-2-13-16-14(20-18-13)15-9-11-8-12(17-19-11)10-6-4-3-5-7-10/h3-8H,2,9H2,1H3,(H,15,16,18). The molecule has 0 saturated heterocycles. The van der Waals surface area contributed by atoms with Crippen molar-refractivity contribution in [1.29, 1.82) is 0 Å². The molecular formula is C14H14N4O2. The van der Waals surface area contributed by atoms with Crippen molar-refractivity contribution in [3.05, 3.63) is 48.0 Å². The average Bonchev–Trinajstić information content (AvgIpc) is 3.15. The van der Waals surface area contributed by atoms with E-state index < -0.39 is 0 Å². The zero-order chi connectivity index (χ0) is 13.8. The highest BCUT2D eigenvalue weighted by atomic mass is 16.5. The van der Waals surface area contributed by atoms with Gasteiger partial charge in [-0.25, -0.2) is 0 Å². The van der Waals surface area contributed by atoms with Gasteiger partial charge < -0.3 is 14.4 Å². The lowest BCUT2D eigenvalue weighted by atomic mass is 10.1. The molecule has 0 atom stereocenters. The van der Waals surface area contributed by atoms with Crippen LogP contribution in [0.3, 0.4) is 0 Å². The number of benzene rings is 1. The van der Waals surface area contributed by atoms with Crippen molar-refractivity contribution in [2.24, 2.45) is 0 Å². The summed E-state index contributed by atoms with van der Waals surface area (Å²) in [4.78, 5) is 4.16. The Morgan fingerprint density at radius 1 is 1.10 bits per heavy atom. The van der Waals surface area contributed by atoms with E-state index in [1.54, 1.807) is 0 Å². The van der Waals surface area contributed by atoms with Gasteiger partial charge in [0.15, 0.2) is 11.6 Å². The molecule has 102 valence electrons. The maximum Gasteiger partial charge on any atom is 0.321 e. The molecule has 20 heavy (non-hydrogen) atoms. The minimum Gasteiger partial charge on any atom is -0.359 e. The molecule has 0 aliphatic heterocycles. The van der Waals surface area contributed by atoms with Crippen LogP contribution in [-0.4, -0.2) is 15.3 Å². The van der Waals surface area contributed by atoms with E-state index in [1.165, 1.54) is 0 Å². The molecule has 0 saturated carbocycles. The second kappa shape index (κ2) is 5.56. The summed E-state index contributed by atoms with van der Waals surface area (Å²) in [6.45, 7) is 2.42. The highest BCUT2D eigenvalue weighted by Gasteiger charge is 2.08. The highest BCUT2D eigenvalue weighted by Crippen LogP contribution is 2.19. The summed E-state index contributed by atoms with van der Waals surface area (Å²) in [7, 11) is 0. The zero-order valence-electron chi connectivity index (χ0n) is 11.0. The molecule has 0 bridgehead atoms. The summed E-state index contributed by atoms with van der Waals surface area (Å²) < 4.78 is 10.3. The molecule has 0 fully saturated rings. The van der Waals surface area contributed by atoms with E-state index in [2.05, 4.69) is 20.6 Å². The molecule has 0 aliphatic carbocycles. The van der Waals surface area contributed by atoms with Crippen molar-refractivity contribution < 1.29 is 9.05 Å². The van der Waals surface area contributed by atoms with Crippen LogP contribution in [0.25, 0.3) is 11.3 Å². The number of hydrogen-bond donors (Lipinski definition) is 1. The van der Waals surface area contributed by atoms with Gasteiger partial charge in [0.05, 0.1) is 6.54 Å². The third-order valence-corrected chi connectivity index (χ3v) is 2.83. The number of anilines is 1. The van der Waals surface area contributed by atoms with Crippen LogP contribution in [0.4, 0.5) is 6.01 Å². The topological polar surface area (TPSA) is 77.0 Å². The van der Waals surface area contributed by atoms with E-state index in [-0.39, 0.29) is 0 Å². The summed E-state index contributed by atoms with van der Waals surface area (Å²) in [6, 6.07) is 12.1. The predicted molar refractivity (Wildman–Crippen MR) is 72.9 cm³/mol. The normalized spacial score (nSPS) is 10.7. The number of nitrogens with zero attached hydrogens (tertiary/aromatic N) is 3. The first kappa shape index (κ1) is 12.4. The van der Waals surface area contributed by atoms with Gasteiger partial charge in [0.25, 0.3) is 0 Å². The molecule has 1 N–H and O–H groups in total. The number of aromatic nitrogens is 3. The van der Waals surface area contributed by atoms with E-state index in [0.717, 1.165) is 17.7 Å². The van der Waals surface area contributed by atoms with E-state index in [9.17, 15) is 0 Å². The van der Waals surface area contributed by atoms with E-state index in [0.29, 0.717) is 24.1 Å². The van der Waals surface area contributed by atoms with Crippen LogP contribution >= 0.6 is 0 Å². The molecule has 2 aromatic heterocycles. The second-order valence-electron chi connectivity index (χ2n) is 4.27. The van der Waals surface area contributed by atoms with Gasteiger partial charge in [0, 0.05) is 18.1 Å². The van der Waals surface area contributed by atoms with Gasteiger partial charge in [0.2, 0.25) is 0 Å². The third-order valence-electron chi connectivity index (χ3n) is 2.83. The summed E-state index contributed by atoms with van der Waals surface area (Å²) >= 11 is 0. The molecular weight excluding hydrogens is 256 g/mol. The first-order chi connectivity index (χ1) is 9.85. The van der Waals surface area contributed by atoms with Crippen molar-refractivity contribution in [1.82, 2.24) is 15.3 Å². The van der Waals surface area contributed by atoms with Crippen molar-refractivity contribution in [3.63, 3.8) is 0 Å². The molecule has 0 amide bonds.